The number of carbonyl (C=O) groups excluding carboxylic acids is 1. The van der Waals surface area contributed by atoms with Gasteiger partial charge in [0.15, 0.2) is 5.96 Å². The Bertz CT molecular complexity index is 783. The van der Waals surface area contributed by atoms with Crippen LogP contribution in [0.4, 0.5) is 4.39 Å². The van der Waals surface area contributed by atoms with Gasteiger partial charge in [0.1, 0.15) is 18.2 Å². The van der Waals surface area contributed by atoms with Gasteiger partial charge in [0.2, 0.25) is 5.91 Å². The lowest BCUT2D eigenvalue weighted by atomic mass is 10.1. The minimum atomic E-state index is -0.309. The van der Waals surface area contributed by atoms with Gasteiger partial charge < -0.3 is 20.7 Å². The molecule has 3 N–H and O–H groups in total. The zero-order valence-electron chi connectivity index (χ0n) is 17.4. The van der Waals surface area contributed by atoms with Crippen molar-refractivity contribution in [2.45, 2.75) is 20.3 Å². The normalized spacial score (nSPS) is 10.7. The van der Waals surface area contributed by atoms with Crippen LogP contribution in [0.3, 0.4) is 0 Å². The van der Waals surface area contributed by atoms with E-state index in [2.05, 4.69) is 20.9 Å². The van der Waals surface area contributed by atoms with Crippen molar-refractivity contribution in [3.8, 4) is 5.75 Å². The summed E-state index contributed by atoms with van der Waals surface area (Å²) >= 11 is 0. The molecule has 0 saturated carbocycles. The molecule has 8 heteroatoms. The van der Waals surface area contributed by atoms with Gasteiger partial charge in [-0.25, -0.2) is 4.39 Å². The molecular weight excluding hydrogens is 498 g/mol. The van der Waals surface area contributed by atoms with E-state index in [1.165, 1.54) is 17.7 Å². The molecule has 0 aliphatic carbocycles. The largest absolute Gasteiger partial charge is 0.492 e. The van der Waals surface area contributed by atoms with Crippen molar-refractivity contribution in [3.63, 3.8) is 0 Å². The molecule has 0 saturated heterocycles. The number of halogens is 2. The first-order chi connectivity index (χ1) is 14.1. The predicted octanol–water partition coefficient (Wildman–Crippen LogP) is 3.04. The van der Waals surface area contributed by atoms with Gasteiger partial charge in [-0.05, 0) is 43.7 Å². The second-order valence-electron chi connectivity index (χ2n) is 6.50. The number of guanidine groups is 1. The van der Waals surface area contributed by atoms with Gasteiger partial charge in [-0.15, -0.1) is 24.0 Å². The highest BCUT2D eigenvalue weighted by atomic mass is 127. The fraction of sp³-hybridized carbons (Fsp3) is 0.364. The molecule has 2 aromatic carbocycles. The summed E-state index contributed by atoms with van der Waals surface area (Å²) < 4.78 is 18.6. The fourth-order valence-corrected chi connectivity index (χ4v) is 2.53. The van der Waals surface area contributed by atoms with Crippen molar-refractivity contribution in [1.29, 1.82) is 0 Å². The van der Waals surface area contributed by atoms with Crippen LogP contribution in [0.15, 0.2) is 53.5 Å². The number of rotatable bonds is 10. The number of hydrogen-bond donors (Lipinski definition) is 3. The molecule has 2 rings (SSSR count). The molecule has 0 aliphatic heterocycles. The van der Waals surface area contributed by atoms with E-state index in [1.807, 2.05) is 38.1 Å². The van der Waals surface area contributed by atoms with E-state index in [-0.39, 0.29) is 42.1 Å². The number of nitrogens with zero attached hydrogens (tertiary/aromatic N) is 1. The van der Waals surface area contributed by atoms with Crippen LogP contribution < -0.4 is 20.7 Å². The van der Waals surface area contributed by atoms with Crippen molar-refractivity contribution in [2.24, 2.45) is 4.99 Å². The fourth-order valence-electron chi connectivity index (χ4n) is 2.53. The molecule has 0 spiro atoms. The lowest BCUT2D eigenvalue weighted by Crippen LogP contribution is -2.40. The van der Waals surface area contributed by atoms with E-state index < -0.39 is 0 Å². The monoisotopic (exact) mass is 528 g/mol. The summed E-state index contributed by atoms with van der Waals surface area (Å²) in [5.74, 6) is 1.09. The summed E-state index contributed by atoms with van der Waals surface area (Å²) in [6.45, 7) is 6.76. The van der Waals surface area contributed by atoms with Gasteiger partial charge in [0.05, 0.1) is 19.5 Å². The molecule has 164 valence electrons. The molecule has 0 atom stereocenters. The van der Waals surface area contributed by atoms with Gasteiger partial charge in [0.25, 0.3) is 0 Å². The molecule has 0 fully saturated rings. The second-order valence-corrected chi connectivity index (χ2v) is 6.50. The van der Waals surface area contributed by atoms with E-state index in [9.17, 15) is 9.18 Å². The third-order valence-corrected chi connectivity index (χ3v) is 4.01. The quantitative estimate of drug-likeness (QED) is 0.192. The lowest BCUT2D eigenvalue weighted by molar-refractivity contribution is -0.120. The van der Waals surface area contributed by atoms with E-state index in [0.29, 0.717) is 32.2 Å². The molecule has 0 heterocycles. The van der Waals surface area contributed by atoms with E-state index in [1.54, 1.807) is 12.1 Å². The van der Waals surface area contributed by atoms with Crippen molar-refractivity contribution in [3.05, 3.63) is 65.5 Å². The first-order valence-corrected chi connectivity index (χ1v) is 9.79. The SMILES string of the molecule is CCNC(=NCCNC(=O)Cc1ccc(F)cc1)NCCOc1ccc(C)cc1.I. The predicted molar refractivity (Wildman–Crippen MR) is 129 cm³/mol. The second kappa shape index (κ2) is 14.6. The maximum Gasteiger partial charge on any atom is 0.224 e. The van der Waals surface area contributed by atoms with Crippen LogP contribution in [-0.2, 0) is 11.2 Å². The van der Waals surface area contributed by atoms with Gasteiger partial charge in [-0.2, -0.15) is 0 Å². The number of amides is 1. The lowest BCUT2D eigenvalue weighted by Gasteiger charge is -2.12. The summed E-state index contributed by atoms with van der Waals surface area (Å²) in [7, 11) is 0. The van der Waals surface area contributed by atoms with Crippen LogP contribution in [0.2, 0.25) is 0 Å². The standard InChI is InChI=1S/C22H29FN4O2.HI/c1-3-24-22(27-14-15-29-20-10-4-17(2)5-11-20)26-13-12-25-21(28)16-18-6-8-19(23)9-7-18;/h4-11H,3,12-16H2,1-2H3,(H,25,28)(H2,24,26,27);1H. The number of benzene rings is 2. The molecule has 30 heavy (non-hydrogen) atoms. The molecule has 0 bridgehead atoms. The molecule has 1 amide bonds. The highest BCUT2D eigenvalue weighted by Gasteiger charge is 2.03. The molecule has 0 radical (unpaired) electrons. The first-order valence-electron chi connectivity index (χ1n) is 9.79. The minimum absolute atomic E-state index is 0. The smallest absolute Gasteiger partial charge is 0.224 e. The average molecular weight is 528 g/mol. The van der Waals surface area contributed by atoms with Crippen LogP contribution >= 0.6 is 24.0 Å². The van der Waals surface area contributed by atoms with Crippen LogP contribution in [0, 0.1) is 12.7 Å². The van der Waals surface area contributed by atoms with Crippen LogP contribution in [0.5, 0.6) is 5.75 Å². The molecule has 6 nitrogen and oxygen atoms in total. The summed E-state index contributed by atoms with van der Waals surface area (Å²) in [6, 6.07) is 13.8. The highest BCUT2D eigenvalue weighted by molar-refractivity contribution is 14.0. The van der Waals surface area contributed by atoms with Gasteiger partial charge in [-0.1, -0.05) is 29.8 Å². The Balaban J connectivity index is 0.00000450. The van der Waals surface area contributed by atoms with Crippen molar-refractivity contribution < 1.29 is 13.9 Å². The third kappa shape index (κ3) is 10.4. The molecule has 0 unspecified atom stereocenters. The zero-order chi connectivity index (χ0) is 20.9. The minimum Gasteiger partial charge on any atom is -0.492 e. The molecule has 0 aromatic heterocycles. The Morgan fingerprint density at radius 2 is 1.70 bits per heavy atom. The van der Waals surface area contributed by atoms with Gasteiger partial charge >= 0.3 is 0 Å². The number of aliphatic imine (C=N–C) groups is 1. The molecule has 2 aromatic rings. The Kier molecular flexibility index (Phi) is 12.5. The Morgan fingerprint density at radius 3 is 2.37 bits per heavy atom. The third-order valence-electron chi connectivity index (χ3n) is 4.01. The maximum absolute atomic E-state index is 12.9. The number of ether oxygens (including phenoxy) is 1. The topological polar surface area (TPSA) is 74.8 Å². The Hall–Kier alpha value is -2.36. The van der Waals surface area contributed by atoms with Crippen LogP contribution in [0.25, 0.3) is 0 Å². The molecule has 0 aliphatic rings. The van der Waals surface area contributed by atoms with Crippen molar-refractivity contribution in [1.82, 2.24) is 16.0 Å². The van der Waals surface area contributed by atoms with E-state index in [0.717, 1.165) is 17.9 Å². The first kappa shape index (κ1) is 25.7. The molecular formula is C22H30FIN4O2. The van der Waals surface area contributed by atoms with E-state index in [4.69, 9.17) is 4.74 Å². The number of nitrogens with one attached hydrogen (secondary N) is 3. The van der Waals surface area contributed by atoms with Crippen LogP contribution in [0.1, 0.15) is 18.1 Å². The van der Waals surface area contributed by atoms with E-state index >= 15 is 0 Å². The van der Waals surface area contributed by atoms with Crippen LogP contribution in [-0.4, -0.2) is 44.7 Å². The van der Waals surface area contributed by atoms with Crippen molar-refractivity contribution in [2.75, 3.05) is 32.8 Å². The Labute approximate surface area is 194 Å². The highest BCUT2D eigenvalue weighted by Crippen LogP contribution is 2.10. The zero-order valence-corrected chi connectivity index (χ0v) is 19.7. The number of hydrogen-bond acceptors (Lipinski definition) is 3. The maximum atomic E-state index is 12.9. The summed E-state index contributed by atoms with van der Waals surface area (Å²) in [6.07, 6.45) is 0.221. The van der Waals surface area contributed by atoms with Gasteiger partial charge in [0, 0.05) is 13.1 Å². The summed E-state index contributed by atoms with van der Waals surface area (Å²) in [4.78, 5) is 16.4. The number of aryl methyl sites for hydroxylation is 1. The Morgan fingerprint density at radius 1 is 1.00 bits per heavy atom. The summed E-state index contributed by atoms with van der Waals surface area (Å²) in [5, 5.41) is 9.17. The number of carbonyl (C=O) groups is 1. The van der Waals surface area contributed by atoms with Crippen molar-refractivity contribution >= 4 is 35.8 Å². The average Bonchev–Trinajstić information content (AvgIpc) is 2.71. The summed E-state index contributed by atoms with van der Waals surface area (Å²) in [5.41, 5.74) is 1.97. The van der Waals surface area contributed by atoms with Gasteiger partial charge in [-0.3, -0.25) is 9.79 Å².